The summed E-state index contributed by atoms with van der Waals surface area (Å²) in [4.78, 5) is 43.9. The van der Waals surface area contributed by atoms with Crippen molar-refractivity contribution in [1.82, 2.24) is 9.88 Å². The molecule has 3 heterocycles. The van der Waals surface area contributed by atoms with Gasteiger partial charge in [0.2, 0.25) is 0 Å². The van der Waals surface area contributed by atoms with Crippen molar-refractivity contribution in [2.45, 2.75) is 38.3 Å². The van der Waals surface area contributed by atoms with Crippen LogP contribution >= 0.6 is 11.3 Å². The molecule has 148 valence electrons. The van der Waals surface area contributed by atoms with Gasteiger partial charge in [-0.05, 0) is 42.3 Å². The lowest BCUT2D eigenvalue weighted by molar-refractivity contribution is -0.150. The Kier molecular flexibility index (Phi) is 5.51. The predicted octanol–water partition coefficient (Wildman–Crippen LogP) is 3.30. The highest BCUT2D eigenvalue weighted by Crippen LogP contribution is 2.51. The van der Waals surface area contributed by atoms with Crippen LogP contribution in [0.3, 0.4) is 0 Å². The van der Waals surface area contributed by atoms with Gasteiger partial charge < -0.3 is 15.1 Å². The van der Waals surface area contributed by atoms with E-state index in [-0.39, 0.29) is 24.3 Å². The molecular weight excluding hydrogens is 380 g/mol. The summed E-state index contributed by atoms with van der Waals surface area (Å²) in [6.45, 7) is 3.74. The summed E-state index contributed by atoms with van der Waals surface area (Å²) >= 11 is 1.33. The third-order valence-corrected chi connectivity index (χ3v) is 6.06. The molecule has 1 amide bonds. The zero-order chi connectivity index (χ0) is 20.5. The maximum Gasteiger partial charge on any atom is 0.329 e. The van der Waals surface area contributed by atoms with Crippen molar-refractivity contribution in [2.75, 3.05) is 0 Å². The van der Waals surface area contributed by atoms with Gasteiger partial charge in [-0.25, -0.2) is 4.79 Å². The highest BCUT2D eigenvalue weighted by molar-refractivity contribution is 7.10. The Morgan fingerprint density at radius 1 is 1.25 bits per heavy atom. The monoisotopic (exact) mass is 402 g/mol. The molecule has 0 bridgehead atoms. The standard InChI is InChI=1S/C20H22N2O5S/c1-12(2)10-20(19(26)27)11-14(18(24)25)16(15-4-3-9-28-15)22(20)17(23)13-5-7-21-8-6-13/h3-9,12,14,16H,10-11H2,1-2H3,(H,24,25)(H,26,27)/t14-,16+,20-/m0/s1. The highest BCUT2D eigenvalue weighted by atomic mass is 32.1. The summed E-state index contributed by atoms with van der Waals surface area (Å²) < 4.78 is 0. The first-order valence-corrected chi connectivity index (χ1v) is 9.89. The van der Waals surface area contributed by atoms with Gasteiger partial charge in [-0.15, -0.1) is 11.3 Å². The lowest BCUT2D eigenvalue weighted by Crippen LogP contribution is -2.54. The van der Waals surface area contributed by atoms with Crippen molar-refractivity contribution < 1.29 is 24.6 Å². The fourth-order valence-electron chi connectivity index (χ4n) is 4.12. The van der Waals surface area contributed by atoms with Crippen LogP contribution in [0.1, 0.15) is 48.0 Å². The van der Waals surface area contributed by atoms with E-state index in [1.165, 1.54) is 40.8 Å². The first-order chi connectivity index (χ1) is 13.3. The zero-order valence-corrected chi connectivity index (χ0v) is 16.4. The van der Waals surface area contributed by atoms with E-state index in [2.05, 4.69) is 4.98 Å². The second-order valence-corrected chi connectivity index (χ2v) is 8.43. The molecule has 0 aromatic carbocycles. The largest absolute Gasteiger partial charge is 0.481 e. The van der Waals surface area contributed by atoms with Gasteiger partial charge in [0.15, 0.2) is 0 Å². The van der Waals surface area contributed by atoms with Crippen molar-refractivity contribution in [1.29, 1.82) is 0 Å². The number of carbonyl (C=O) groups excluding carboxylic acids is 1. The fraction of sp³-hybridized carbons (Fsp3) is 0.400. The number of aliphatic carboxylic acids is 2. The van der Waals surface area contributed by atoms with E-state index in [4.69, 9.17) is 0 Å². The topological polar surface area (TPSA) is 108 Å². The van der Waals surface area contributed by atoms with Crippen LogP contribution in [0.4, 0.5) is 0 Å². The van der Waals surface area contributed by atoms with Crippen molar-refractivity contribution in [3.63, 3.8) is 0 Å². The smallest absolute Gasteiger partial charge is 0.329 e. The zero-order valence-electron chi connectivity index (χ0n) is 15.6. The number of hydrogen-bond acceptors (Lipinski definition) is 5. The average molecular weight is 402 g/mol. The lowest BCUT2D eigenvalue weighted by Gasteiger charge is -2.39. The molecule has 1 saturated heterocycles. The molecule has 0 unspecified atom stereocenters. The fourth-order valence-corrected chi connectivity index (χ4v) is 5.00. The molecule has 28 heavy (non-hydrogen) atoms. The number of likely N-dealkylation sites (tertiary alicyclic amines) is 1. The lowest BCUT2D eigenvalue weighted by atomic mass is 9.83. The number of aromatic nitrogens is 1. The molecule has 1 aliphatic heterocycles. The number of hydrogen-bond donors (Lipinski definition) is 2. The second kappa shape index (κ2) is 7.71. The van der Waals surface area contributed by atoms with Gasteiger partial charge in [0.25, 0.3) is 5.91 Å². The summed E-state index contributed by atoms with van der Waals surface area (Å²) in [6.07, 6.45) is 2.96. The maximum absolute atomic E-state index is 13.5. The van der Waals surface area contributed by atoms with E-state index in [1.54, 1.807) is 17.5 Å². The van der Waals surface area contributed by atoms with E-state index < -0.39 is 35.3 Å². The van der Waals surface area contributed by atoms with Crippen LogP contribution in [0, 0.1) is 11.8 Å². The molecule has 3 atom stereocenters. The van der Waals surface area contributed by atoms with Crippen LogP contribution in [-0.2, 0) is 9.59 Å². The number of amides is 1. The Morgan fingerprint density at radius 2 is 1.93 bits per heavy atom. The molecule has 7 nitrogen and oxygen atoms in total. The Hall–Kier alpha value is -2.74. The van der Waals surface area contributed by atoms with Crippen molar-refractivity contribution >= 4 is 29.2 Å². The average Bonchev–Trinajstić information content (AvgIpc) is 3.27. The van der Waals surface area contributed by atoms with Gasteiger partial charge in [-0.1, -0.05) is 19.9 Å². The normalized spacial score (nSPS) is 24.5. The number of carboxylic acids is 2. The molecule has 0 saturated carbocycles. The van der Waals surface area contributed by atoms with Gasteiger partial charge in [0, 0.05) is 22.8 Å². The van der Waals surface area contributed by atoms with Gasteiger partial charge in [-0.2, -0.15) is 0 Å². The predicted molar refractivity (Wildman–Crippen MR) is 103 cm³/mol. The Labute approximate surface area is 166 Å². The number of pyridine rings is 1. The van der Waals surface area contributed by atoms with Crippen molar-refractivity contribution in [3.8, 4) is 0 Å². The number of carbonyl (C=O) groups is 3. The third-order valence-electron chi connectivity index (χ3n) is 5.12. The van der Waals surface area contributed by atoms with Gasteiger partial charge in [0.05, 0.1) is 12.0 Å². The second-order valence-electron chi connectivity index (χ2n) is 7.45. The summed E-state index contributed by atoms with van der Waals surface area (Å²) in [7, 11) is 0. The van der Waals surface area contributed by atoms with Crippen molar-refractivity contribution in [2.24, 2.45) is 11.8 Å². The third kappa shape index (κ3) is 3.40. The van der Waals surface area contributed by atoms with Crippen LogP contribution < -0.4 is 0 Å². The van der Waals surface area contributed by atoms with Crippen LogP contribution in [0.5, 0.6) is 0 Å². The molecule has 1 fully saturated rings. The molecule has 3 rings (SSSR count). The minimum atomic E-state index is -1.59. The highest BCUT2D eigenvalue weighted by Gasteiger charge is 2.61. The molecule has 2 aromatic rings. The van der Waals surface area contributed by atoms with Gasteiger partial charge in [-0.3, -0.25) is 14.6 Å². The van der Waals surface area contributed by atoms with E-state index in [9.17, 15) is 24.6 Å². The minimum absolute atomic E-state index is 0.0413. The molecule has 1 aliphatic rings. The summed E-state index contributed by atoms with van der Waals surface area (Å²) in [5.74, 6) is -3.81. The first kappa shape index (κ1) is 20.0. The molecule has 2 N–H and O–H groups in total. The van der Waals surface area contributed by atoms with Crippen LogP contribution in [0.15, 0.2) is 42.0 Å². The molecule has 0 radical (unpaired) electrons. The molecule has 2 aromatic heterocycles. The Morgan fingerprint density at radius 3 is 2.43 bits per heavy atom. The van der Waals surface area contributed by atoms with Crippen molar-refractivity contribution in [3.05, 3.63) is 52.5 Å². The molecule has 0 aliphatic carbocycles. The molecule has 0 spiro atoms. The Balaban J connectivity index is 2.21. The van der Waals surface area contributed by atoms with E-state index >= 15 is 0 Å². The van der Waals surface area contributed by atoms with Gasteiger partial charge in [0.1, 0.15) is 5.54 Å². The number of carboxylic acid groups (broad SMARTS) is 2. The van der Waals surface area contributed by atoms with Gasteiger partial charge >= 0.3 is 11.9 Å². The SMILES string of the molecule is CC(C)C[C@@]1(C(=O)O)C[C@H](C(=O)O)[C@H](c2cccs2)N1C(=O)c1ccncc1. The van der Waals surface area contributed by atoms with E-state index in [1.807, 2.05) is 13.8 Å². The quantitative estimate of drug-likeness (QED) is 0.768. The van der Waals surface area contributed by atoms with Crippen LogP contribution in [0.25, 0.3) is 0 Å². The summed E-state index contributed by atoms with van der Waals surface area (Å²) in [5.41, 5.74) is -1.30. The molecule has 8 heteroatoms. The minimum Gasteiger partial charge on any atom is -0.481 e. The van der Waals surface area contributed by atoms with Crippen LogP contribution in [-0.4, -0.2) is 43.5 Å². The maximum atomic E-state index is 13.5. The van der Waals surface area contributed by atoms with E-state index in [0.29, 0.717) is 4.88 Å². The van der Waals surface area contributed by atoms with E-state index in [0.717, 1.165) is 0 Å². The number of thiophene rings is 1. The molecular formula is C20H22N2O5S. The first-order valence-electron chi connectivity index (χ1n) is 9.01. The number of nitrogens with zero attached hydrogens (tertiary/aromatic N) is 2. The number of rotatable bonds is 6. The summed E-state index contributed by atoms with van der Waals surface area (Å²) in [5, 5.41) is 21.9. The summed E-state index contributed by atoms with van der Waals surface area (Å²) in [6, 6.07) is 5.73. The Bertz CT molecular complexity index is 868. The van der Waals surface area contributed by atoms with Crippen LogP contribution in [0.2, 0.25) is 0 Å².